The molecule has 8 heteroatoms. The zero-order valence-corrected chi connectivity index (χ0v) is 24.6. The van der Waals surface area contributed by atoms with Gasteiger partial charge in [-0.2, -0.15) is 0 Å². The maximum Gasteiger partial charge on any atom is 0.410 e. The highest BCUT2D eigenvalue weighted by Gasteiger charge is 2.51. The third-order valence-corrected chi connectivity index (χ3v) is 7.66. The fourth-order valence-electron chi connectivity index (χ4n) is 5.29. The molecule has 8 nitrogen and oxygen atoms in total. The molecule has 4 aromatic carbocycles. The molecule has 1 aliphatic rings. The van der Waals surface area contributed by atoms with Crippen molar-refractivity contribution in [1.82, 2.24) is 4.90 Å². The molecule has 0 radical (unpaired) electrons. The number of aliphatic hydroxyl groups excluding tert-OH is 1. The van der Waals surface area contributed by atoms with Crippen LogP contribution in [0.2, 0.25) is 0 Å². The monoisotopic (exact) mass is 597 g/mol. The van der Waals surface area contributed by atoms with E-state index in [1.165, 1.54) is 4.90 Å². The van der Waals surface area contributed by atoms with Gasteiger partial charge in [0.2, 0.25) is 0 Å². The van der Waals surface area contributed by atoms with Crippen LogP contribution in [0.1, 0.15) is 22.3 Å². The molecule has 230 valence electrons. The number of benzene rings is 4. The number of hydrogen-bond acceptors (Lipinski definition) is 7. The van der Waals surface area contributed by atoms with E-state index >= 15 is 0 Å². The number of amides is 1. The number of rotatable bonds is 12. The van der Waals surface area contributed by atoms with Gasteiger partial charge in [0.15, 0.2) is 0 Å². The number of ether oxygens (including phenoxy) is 4. The SMILES string of the molecule is O=C(OCc1ccccc1)N1C[C@H](OCc2ccccc2)[C@@H](OCc2ccccc2)[C@H](OCc2ccccc2)[C@](O)(CO)C1. The second-order valence-corrected chi connectivity index (χ2v) is 11.0. The molecular formula is C36H39NO7. The van der Waals surface area contributed by atoms with Crippen molar-refractivity contribution in [1.29, 1.82) is 0 Å². The molecule has 0 aromatic heterocycles. The normalized spacial score (nSPS) is 21.9. The Morgan fingerprint density at radius 2 is 1.09 bits per heavy atom. The first-order valence-electron chi connectivity index (χ1n) is 14.8. The summed E-state index contributed by atoms with van der Waals surface area (Å²) in [6.45, 7) is -0.200. The van der Waals surface area contributed by atoms with Crippen LogP contribution in [-0.4, -0.2) is 64.8 Å². The van der Waals surface area contributed by atoms with E-state index in [9.17, 15) is 15.0 Å². The Bertz CT molecular complexity index is 1410. The summed E-state index contributed by atoms with van der Waals surface area (Å²) in [5, 5.41) is 22.7. The molecule has 1 fully saturated rings. The molecule has 4 atom stereocenters. The molecule has 0 saturated carbocycles. The quantitative estimate of drug-likeness (QED) is 0.234. The van der Waals surface area contributed by atoms with Crippen LogP contribution in [0.3, 0.4) is 0 Å². The fraction of sp³-hybridized carbons (Fsp3) is 0.306. The molecule has 1 heterocycles. The average molecular weight is 598 g/mol. The summed E-state index contributed by atoms with van der Waals surface area (Å²) in [5.74, 6) is 0. The Kier molecular flexibility index (Phi) is 11.1. The van der Waals surface area contributed by atoms with Crippen LogP contribution in [0.5, 0.6) is 0 Å². The Balaban J connectivity index is 1.45. The zero-order valence-electron chi connectivity index (χ0n) is 24.6. The predicted molar refractivity (Wildman–Crippen MR) is 165 cm³/mol. The molecule has 5 rings (SSSR count). The van der Waals surface area contributed by atoms with Gasteiger partial charge < -0.3 is 34.1 Å². The smallest absolute Gasteiger partial charge is 0.410 e. The Hall–Kier alpha value is -4.05. The van der Waals surface area contributed by atoms with Gasteiger partial charge in [0, 0.05) is 0 Å². The van der Waals surface area contributed by atoms with Crippen LogP contribution in [0.4, 0.5) is 4.79 Å². The minimum atomic E-state index is -1.88. The Morgan fingerprint density at radius 1 is 0.659 bits per heavy atom. The summed E-state index contributed by atoms with van der Waals surface area (Å²) in [4.78, 5) is 14.9. The van der Waals surface area contributed by atoms with E-state index in [1.807, 2.05) is 121 Å². The number of β-amino-alcohol motifs (C(OH)–C–C–N with tert-alkyl or cyclic N) is 1. The lowest BCUT2D eigenvalue weighted by atomic mass is 9.91. The van der Waals surface area contributed by atoms with E-state index in [0.29, 0.717) is 0 Å². The molecule has 0 unspecified atom stereocenters. The third-order valence-electron chi connectivity index (χ3n) is 7.66. The highest BCUT2D eigenvalue weighted by Crippen LogP contribution is 2.31. The minimum absolute atomic E-state index is 0.0490. The van der Waals surface area contributed by atoms with E-state index in [-0.39, 0.29) is 39.5 Å². The summed E-state index contributed by atoms with van der Waals surface area (Å²) in [5.41, 5.74) is 1.70. The van der Waals surface area contributed by atoms with Crippen molar-refractivity contribution in [2.75, 3.05) is 19.7 Å². The number of likely N-dealkylation sites (tertiary alicyclic amines) is 1. The molecule has 44 heavy (non-hydrogen) atoms. The van der Waals surface area contributed by atoms with E-state index in [1.54, 1.807) is 0 Å². The van der Waals surface area contributed by atoms with Crippen LogP contribution >= 0.6 is 0 Å². The second kappa shape index (κ2) is 15.6. The van der Waals surface area contributed by atoms with Crippen molar-refractivity contribution in [3.63, 3.8) is 0 Å². The predicted octanol–water partition coefficient (Wildman–Crippen LogP) is 5.12. The van der Waals surface area contributed by atoms with Crippen LogP contribution in [0, 0.1) is 0 Å². The van der Waals surface area contributed by atoms with Crippen molar-refractivity contribution in [3.05, 3.63) is 144 Å². The number of carbonyl (C=O) groups excluding carboxylic acids is 1. The molecule has 0 aliphatic carbocycles. The minimum Gasteiger partial charge on any atom is -0.445 e. The molecule has 1 aliphatic heterocycles. The Labute approximate surface area is 258 Å². The van der Waals surface area contributed by atoms with Gasteiger partial charge in [-0.25, -0.2) is 4.79 Å². The first-order chi connectivity index (χ1) is 21.5. The van der Waals surface area contributed by atoms with Crippen LogP contribution in [0.25, 0.3) is 0 Å². The number of carbonyl (C=O) groups is 1. The van der Waals surface area contributed by atoms with Crippen LogP contribution in [0.15, 0.2) is 121 Å². The molecule has 0 bridgehead atoms. The van der Waals surface area contributed by atoms with Gasteiger partial charge >= 0.3 is 6.09 Å². The van der Waals surface area contributed by atoms with Crippen molar-refractivity contribution >= 4 is 6.09 Å². The second-order valence-electron chi connectivity index (χ2n) is 11.0. The summed E-state index contributed by atoms with van der Waals surface area (Å²) >= 11 is 0. The molecule has 0 spiro atoms. The van der Waals surface area contributed by atoms with Gasteiger partial charge in [0.05, 0.1) is 39.5 Å². The van der Waals surface area contributed by atoms with Crippen molar-refractivity contribution in [2.45, 2.75) is 50.3 Å². The molecule has 2 N–H and O–H groups in total. The molecule has 4 aromatic rings. The summed E-state index contributed by atoms with van der Waals surface area (Å²) in [7, 11) is 0. The fourth-order valence-corrected chi connectivity index (χ4v) is 5.29. The van der Waals surface area contributed by atoms with E-state index < -0.39 is 36.6 Å². The third kappa shape index (κ3) is 8.53. The number of aliphatic hydroxyl groups is 2. The van der Waals surface area contributed by atoms with Crippen molar-refractivity contribution in [3.8, 4) is 0 Å². The highest BCUT2D eigenvalue weighted by molar-refractivity contribution is 5.68. The molecule has 1 amide bonds. The lowest BCUT2D eigenvalue weighted by molar-refractivity contribution is -0.207. The standard InChI is InChI=1S/C36H39NO7/c38-27-36(40)26-37(35(39)44-25-31-19-11-4-12-20-31)21-32(41-22-28-13-5-1-6-14-28)33(42-23-29-15-7-2-8-16-29)34(36)43-24-30-17-9-3-10-18-30/h1-20,32-34,38,40H,21-27H2/t32-,33+,34-,36+/m0/s1. The van der Waals surface area contributed by atoms with Gasteiger partial charge in [-0.05, 0) is 22.3 Å². The van der Waals surface area contributed by atoms with Gasteiger partial charge in [0.25, 0.3) is 0 Å². The van der Waals surface area contributed by atoms with Crippen molar-refractivity contribution in [2.24, 2.45) is 0 Å². The summed E-state index contributed by atoms with van der Waals surface area (Å²) < 4.78 is 25.0. The topological polar surface area (TPSA) is 97.7 Å². The maximum atomic E-state index is 13.5. The van der Waals surface area contributed by atoms with E-state index in [2.05, 4.69) is 0 Å². The van der Waals surface area contributed by atoms with E-state index in [0.717, 1.165) is 22.3 Å². The lowest BCUT2D eigenvalue weighted by Crippen LogP contribution is -2.58. The first kappa shape index (κ1) is 31.4. The molecule has 1 saturated heterocycles. The van der Waals surface area contributed by atoms with Gasteiger partial charge in [0.1, 0.15) is 30.5 Å². The maximum absolute atomic E-state index is 13.5. The lowest BCUT2D eigenvalue weighted by Gasteiger charge is -2.39. The summed E-state index contributed by atoms with van der Waals surface area (Å²) in [6, 6.07) is 38.3. The largest absolute Gasteiger partial charge is 0.445 e. The van der Waals surface area contributed by atoms with Crippen molar-refractivity contribution < 1.29 is 34.0 Å². The van der Waals surface area contributed by atoms with Crippen LogP contribution in [-0.2, 0) is 45.4 Å². The van der Waals surface area contributed by atoms with Gasteiger partial charge in [-0.1, -0.05) is 121 Å². The van der Waals surface area contributed by atoms with Gasteiger partial charge in [-0.15, -0.1) is 0 Å². The van der Waals surface area contributed by atoms with Gasteiger partial charge in [-0.3, -0.25) is 0 Å². The summed E-state index contributed by atoms with van der Waals surface area (Å²) in [6.07, 6.45) is -3.28. The Morgan fingerprint density at radius 3 is 1.57 bits per heavy atom. The molecular weight excluding hydrogens is 558 g/mol. The highest BCUT2D eigenvalue weighted by atomic mass is 16.6. The first-order valence-corrected chi connectivity index (χ1v) is 14.8. The number of nitrogens with zero attached hydrogens (tertiary/aromatic N) is 1. The van der Waals surface area contributed by atoms with E-state index in [4.69, 9.17) is 18.9 Å². The zero-order chi connectivity index (χ0) is 30.6. The number of hydrogen-bond donors (Lipinski definition) is 2. The van der Waals surface area contributed by atoms with Crippen LogP contribution < -0.4 is 0 Å². The average Bonchev–Trinajstić information content (AvgIpc) is 3.20.